The van der Waals surface area contributed by atoms with E-state index in [9.17, 15) is 0 Å². The third kappa shape index (κ3) is 2.44. The zero-order valence-electron chi connectivity index (χ0n) is 8.76. The molecule has 1 aliphatic heterocycles. The first-order valence-electron chi connectivity index (χ1n) is 5.80. The fourth-order valence-corrected chi connectivity index (χ4v) is 2.75. The Balaban J connectivity index is 1.73. The van der Waals surface area contributed by atoms with Crippen LogP contribution in [0, 0.1) is 0 Å². The summed E-state index contributed by atoms with van der Waals surface area (Å²) in [5, 5.41) is 3.57. The van der Waals surface area contributed by atoms with Gasteiger partial charge < -0.3 is 10.2 Å². The molecular weight excluding hydrogens is 160 g/mol. The maximum Gasteiger partial charge on any atom is 0.0195 e. The minimum atomic E-state index is 0.783. The second kappa shape index (κ2) is 4.43. The average molecular weight is 182 g/mol. The summed E-state index contributed by atoms with van der Waals surface area (Å²) in [6.45, 7) is 2.51. The van der Waals surface area contributed by atoms with E-state index in [-0.39, 0.29) is 0 Å². The molecule has 0 aromatic rings. The number of likely N-dealkylation sites (N-methyl/N-ethyl adjacent to an activating group) is 1. The van der Waals surface area contributed by atoms with Crippen molar-refractivity contribution in [3.63, 3.8) is 0 Å². The van der Waals surface area contributed by atoms with Gasteiger partial charge in [0.2, 0.25) is 0 Å². The zero-order valence-corrected chi connectivity index (χ0v) is 8.76. The molecular formula is C11H22N2. The Morgan fingerprint density at radius 2 is 1.92 bits per heavy atom. The molecule has 2 fully saturated rings. The molecule has 0 aromatic heterocycles. The SMILES string of the molecule is CN(C[C@@H]1CCCN1)C1CCCC1. The van der Waals surface area contributed by atoms with Gasteiger partial charge in [0.25, 0.3) is 0 Å². The minimum absolute atomic E-state index is 0.783. The smallest absolute Gasteiger partial charge is 0.0195 e. The van der Waals surface area contributed by atoms with Crippen LogP contribution in [-0.4, -0.2) is 37.1 Å². The highest BCUT2D eigenvalue weighted by molar-refractivity contribution is 4.81. The predicted octanol–water partition coefficient (Wildman–Crippen LogP) is 1.61. The van der Waals surface area contributed by atoms with E-state index < -0.39 is 0 Å². The molecule has 2 heteroatoms. The number of nitrogens with one attached hydrogen (secondary N) is 1. The summed E-state index contributed by atoms with van der Waals surface area (Å²) >= 11 is 0. The molecule has 2 nitrogen and oxygen atoms in total. The van der Waals surface area contributed by atoms with Crippen molar-refractivity contribution in [3.8, 4) is 0 Å². The highest BCUT2D eigenvalue weighted by Gasteiger charge is 2.23. The Morgan fingerprint density at radius 1 is 1.15 bits per heavy atom. The summed E-state index contributed by atoms with van der Waals surface area (Å²) < 4.78 is 0. The fourth-order valence-electron chi connectivity index (χ4n) is 2.75. The van der Waals surface area contributed by atoms with Gasteiger partial charge in [-0.3, -0.25) is 0 Å². The van der Waals surface area contributed by atoms with E-state index in [2.05, 4.69) is 17.3 Å². The van der Waals surface area contributed by atoms with Crippen molar-refractivity contribution in [1.82, 2.24) is 10.2 Å². The van der Waals surface area contributed by atoms with Gasteiger partial charge in [-0.15, -0.1) is 0 Å². The molecule has 13 heavy (non-hydrogen) atoms. The molecule has 0 aromatic carbocycles. The minimum Gasteiger partial charge on any atom is -0.313 e. The van der Waals surface area contributed by atoms with Gasteiger partial charge in [0.05, 0.1) is 0 Å². The number of hydrogen-bond donors (Lipinski definition) is 1. The zero-order chi connectivity index (χ0) is 9.10. The molecule has 0 radical (unpaired) electrons. The Bertz CT molecular complexity index is 146. The lowest BCUT2D eigenvalue weighted by Crippen LogP contribution is -2.39. The van der Waals surface area contributed by atoms with Crippen molar-refractivity contribution in [1.29, 1.82) is 0 Å². The van der Waals surface area contributed by atoms with Crippen molar-refractivity contribution in [2.24, 2.45) is 0 Å². The molecule has 0 amide bonds. The highest BCUT2D eigenvalue weighted by atomic mass is 15.2. The summed E-state index contributed by atoms with van der Waals surface area (Å²) in [5.74, 6) is 0. The molecule has 1 heterocycles. The summed E-state index contributed by atoms with van der Waals surface area (Å²) in [4.78, 5) is 2.58. The quantitative estimate of drug-likeness (QED) is 0.713. The van der Waals surface area contributed by atoms with E-state index in [1.807, 2.05) is 0 Å². The van der Waals surface area contributed by atoms with Gasteiger partial charge in [0, 0.05) is 18.6 Å². The van der Waals surface area contributed by atoms with Gasteiger partial charge in [-0.1, -0.05) is 12.8 Å². The normalized spacial score (nSPS) is 30.5. The second-order valence-electron chi connectivity index (χ2n) is 4.67. The predicted molar refractivity (Wildman–Crippen MR) is 55.9 cm³/mol. The van der Waals surface area contributed by atoms with Crippen molar-refractivity contribution in [2.75, 3.05) is 20.1 Å². The van der Waals surface area contributed by atoms with Crippen LogP contribution < -0.4 is 5.32 Å². The first kappa shape index (κ1) is 9.47. The van der Waals surface area contributed by atoms with E-state index in [1.165, 1.54) is 51.6 Å². The summed E-state index contributed by atoms with van der Waals surface area (Å²) in [6, 6.07) is 1.67. The third-order valence-electron chi connectivity index (χ3n) is 3.62. The second-order valence-corrected chi connectivity index (χ2v) is 4.67. The summed E-state index contributed by atoms with van der Waals surface area (Å²) in [7, 11) is 2.30. The number of nitrogens with zero attached hydrogens (tertiary/aromatic N) is 1. The van der Waals surface area contributed by atoms with Crippen LogP contribution in [-0.2, 0) is 0 Å². The molecule has 1 N–H and O–H groups in total. The molecule has 0 spiro atoms. The van der Waals surface area contributed by atoms with E-state index in [0.717, 1.165) is 12.1 Å². The van der Waals surface area contributed by atoms with Gasteiger partial charge in [-0.25, -0.2) is 0 Å². The maximum atomic E-state index is 3.57. The molecule has 1 aliphatic carbocycles. The monoisotopic (exact) mass is 182 g/mol. The van der Waals surface area contributed by atoms with Crippen LogP contribution in [0.2, 0.25) is 0 Å². The van der Waals surface area contributed by atoms with Crippen molar-refractivity contribution >= 4 is 0 Å². The fraction of sp³-hybridized carbons (Fsp3) is 1.00. The highest BCUT2D eigenvalue weighted by Crippen LogP contribution is 2.22. The lowest BCUT2D eigenvalue weighted by atomic mass is 10.1. The molecule has 2 rings (SSSR count). The molecule has 2 aliphatic rings. The summed E-state index contributed by atoms with van der Waals surface area (Å²) in [6.07, 6.45) is 8.53. The average Bonchev–Trinajstić information content (AvgIpc) is 2.74. The number of rotatable bonds is 3. The van der Waals surface area contributed by atoms with Crippen molar-refractivity contribution < 1.29 is 0 Å². The molecule has 0 unspecified atom stereocenters. The van der Waals surface area contributed by atoms with Gasteiger partial charge in [-0.2, -0.15) is 0 Å². The Morgan fingerprint density at radius 3 is 2.54 bits per heavy atom. The van der Waals surface area contributed by atoms with Gasteiger partial charge in [0.15, 0.2) is 0 Å². The van der Waals surface area contributed by atoms with Crippen LogP contribution in [0.25, 0.3) is 0 Å². The molecule has 1 saturated heterocycles. The third-order valence-corrected chi connectivity index (χ3v) is 3.62. The van der Waals surface area contributed by atoms with Crippen LogP contribution in [0.5, 0.6) is 0 Å². The lowest BCUT2D eigenvalue weighted by Gasteiger charge is -2.26. The molecule has 1 saturated carbocycles. The van der Waals surface area contributed by atoms with Crippen LogP contribution in [0.3, 0.4) is 0 Å². The van der Waals surface area contributed by atoms with E-state index in [4.69, 9.17) is 0 Å². The van der Waals surface area contributed by atoms with E-state index >= 15 is 0 Å². The first-order valence-corrected chi connectivity index (χ1v) is 5.80. The lowest BCUT2D eigenvalue weighted by molar-refractivity contribution is 0.225. The largest absolute Gasteiger partial charge is 0.313 e. The number of hydrogen-bond acceptors (Lipinski definition) is 2. The topological polar surface area (TPSA) is 15.3 Å². The van der Waals surface area contributed by atoms with Crippen molar-refractivity contribution in [3.05, 3.63) is 0 Å². The van der Waals surface area contributed by atoms with Crippen molar-refractivity contribution in [2.45, 2.75) is 50.6 Å². The summed E-state index contributed by atoms with van der Waals surface area (Å²) in [5.41, 5.74) is 0. The van der Waals surface area contributed by atoms with Crippen LogP contribution in [0.1, 0.15) is 38.5 Å². The van der Waals surface area contributed by atoms with Gasteiger partial charge in [0.1, 0.15) is 0 Å². The standard InChI is InChI=1S/C11H22N2/c1-13(11-6-2-3-7-11)9-10-5-4-8-12-10/h10-12H,2-9H2,1H3/t10-/m0/s1. The van der Waals surface area contributed by atoms with E-state index in [1.54, 1.807) is 0 Å². The molecule has 0 bridgehead atoms. The van der Waals surface area contributed by atoms with Crippen LogP contribution in [0.4, 0.5) is 0 Å². The Kier molecular flexibility index (Phi) is 3.23. The molecule has 1 atom stereocenters. The van der Waals surface area contributed by atoms with Gasteiger partial charge >= 0.3 is 0 Å². The van der Waals surface area contributed by atoms with E-state index in [0.29, 0.717) is 0 Å². The van der Waals surface area contributed by atoms with Crippen LogP contribution >= 0.6 is 0 Å². The van der Waals surface area contributed by atoms with Gasteiger partial charge in [-0.05, 0) is 39.3 Å². The Hall–Kier alpha value is -0.0800. The molecule has 76 valence electrons. The first-order chi connectivity index (χ1) is 6.36. The Labute approximate surface area is 81.7 Å². The van der Waals surface area contributed by atoms with Crippen LogP contribution in [0.15, 0.2) is 0 Å². The maximum absolute atomic E-state index is 3.57.